The number of likely N-dealkylation sites (tertiary alicyclic amines) is 1. The maximum atomic E-state index is 13.4. The van der Waals surface area contributed by atoms with Crippen LogP contribution in [0.25, 0.3) is 10.8 Å². The van der Waals surface area contributed by atoms with Gasteiger partial charge in [-0.1, -0.05) is 49.1 Å². The molecule has 0 aromatic heterocycles. The highest BCUT2D eigenvalue weighted by atomic mass is 19.1. The Morgan fingerprint density at radius 2 is 1.97 bits per heavy atom. The first-order chi connectivity index (χ1) is 15.5. The number of carbonyl (C=O) groups is 1. The van der Waals surface area contributed by atoms with Crippen molar-refractivity contribution in [3.8, 4) is 5.75 Å². The molecule has 1 amide bonds. The van der Waals surface area contributed by atoms with E-state index in [9.17, 15) is 14.3 Å². The molecule has 1 saturated heterocycles. The van der Waals surface area contributed by atoms with Crippen LogP contribution in [0.15, 0.2) is 73.3 Å². The first-order valence-electron chi connectivity index (χ1n) is 10.7. The maximum Gasteiger partial charge on any atom is 0.407 e. The molecule has 5 nitrogen and oxygen atoms in total. The van der Waals surface area contributed by atoms with Gasteiger partial charge in [0.2, 0.25) is 0 Å². The van der Waals surface area contributed by atoms with Gasteiger partial charge in [0.15, 0.2) is 0 Å². The third kappa shape index (κ3) is 4.92. The zero-order chi connectivity index (χ0) is 22.5. The van der Waals surface area contributed by atoms with Crippen LogP contribution >= 0.6 is 0 Å². The Hall–Kier alpha value is -3.38. The number of amides is 1. The number of fused-ring (bicyclic) bond motifs is 1. The fraction of sp³-hybridized carbons (Fsp3) is 0.269. The number of ether oxygens (including phenoxy) is 2. The second-order valence-electron chi connectivity index (χ2n) is 7.94. The monoisotopic (exact) mass is 435 g/mol. The third-order valence-corrected chi connectivity index (χ3v) is 5.83. The van der Waals surface area contributed by atoms with Gasteiger partial charge >= 0.3 is 6.09 Å². The number of rotatable bonds is 7. The molecule has 0 radical (unpaired) electrons. The van der Waals surface area contributed by atoms with Crippen LogP contribution in [-0.4, -0.2) is 41.9 Å². The summed E-state index contributed by atoms with van der Waals surface area (Å²) < 4.78 is 25.5. The standard InChI is InChI=1S/C26H26FNO4/c1-2-13-31-24-15-18(14-20-5-3-4-6-22(20)24)17-32-25-16-28(26(29)30)12-11-23(25)19-7-9-21(27)10-8-19/h2-10,14-15,23,25H,1,11-13,16-17H2,(H,29,30). The fourth-order valence-corrected chi connectivity index (χ4v) is 4.24. The Kier molecular flexibility index (Phi) is 6.71. The molecule has 1 aliphatic heterocycles. The van der Waals surface area contributed by atoms with Crippen molar-refractivity contribution in [2.45, 2.75) is 25.0 Å². The molecule has 32 heavy (non-hydrogen) atoms. The van der Waals surface area contributed by atoms with Gasteiger partial charge in [-0.15, -0.1) is 0 Å². The topological polar surface area (TPSA) is 59.0 Å². The van der Waals surface area contributed by atoms with Crippen molar-refractivity contribution in [2.75, 3.05) is 19.7 Å². The SMILES string of the molecule is C=CCOc1cc(COC2CN(C(=O)O)CCC2c2ccc(F)cc2)cc2ccccc12. The molecule has 1 fully saturated rings. The molecule has 166 valence electrons. The molecule has 3 aromatic carbocycles. The van der Waals surface area contributed by atoms with Crippen LogP contribution in [0.2, 0.25) is 0 Å². The van der Waals surface area contributed by atoms with Crippen molar-refractivity contribution in [3.05, 3.63) is 90.3 Å². The normalized spacial score (nSPS) is 18.5. The number of piperidine rings is 1. The zero-order valence-electron chi connectivity index (χ0n) is 17.7. The first-order valence-corrected chi connectivity index (χ1v) is 10.7. The molecule has 0 bridgehead atoms. The molecule has 1 N–H and O–H groups in total. The summed E-state index contributed by atoms with van der Waals surface area (Å²) >= 11 is 0. The van der Waals surface area contributed by atoms with Gasteiger partial charge in [-0.3, -0.25) is 0 Å². The molecule has 6 heteroatoms. The van der Waals surface area contributed by atoms with Gasteiger partial charge in [-0.25, -0.2) is 9.18 Å². The second kappa shape index (κ2) is 9.83. The molecule has 1 heterocycles. The van der Waals surface area contributed by atoms with Crippen molar-refractivity contribution >= 4 is 16.9 Å². The van der Waals surface area contributed by atoms with Gasteiger partial charge in [0, 0.05) is 17.8 Å². The number of benzene rings is 3. The predicted octanol–water partition coefficient (Wildman–Crippen LogP) is 5.60. The smallest absolute Gasteiger partial charge is 0.407 e. The van der Waals surface area contributed by atoms with E-state index in [-0.39, 0.29) is 24.4 Å². The van der Waals surface area contributed by atoms with Crippen LogP contribution in [-0.2, 0) is 11.3 Å². The van der Waals surface area contributed by atoms with Crippen molar-refractivity contribution in [2.24, 2.45) is 0 Å². The van der Waals surface area contributed by atoms with Gasteiger partial charge in [0.25, 0.3) is 0 Å². The molecular formula is C26H26FNO4. The van der Waals surface area contributed by atoms with Crippen LogP contribution in [0.4, 0.5) is 9.18 Å². The van der Waals surface area contributed by atoms with Crippen LogP contribution in [0.5, 0.6) is 5.75 Å². The van der Waals surface area contributed by atoms with Gasteiger partial charge in [0.05, 0.1) is 19.3 Å². The Labute approximate surface area is 186 Å². The highest BCUT2D eigenvalue weighted by molar-refractivity contribution is 5.89. The summed E-state index contributed by atoms with van der Waals surface area (Å²) in [5, 5.41) is 11.5. The average molecular weight is 435 g/mol. The van der Waals surface area contributed by atoms with E-state index >= 15 is 0 Å². The quantitative estimate of drug-likeness (QED) is 0.491. The van der Waals surface area contributed by atoms with Gasteiger partial charge < -0.3 is 19.5 Å². The van der Waals surface area contributed by atoms with E-state index in [1.54, 1.807) is 18.2 Å². The van der Waals surface area contributed by atoms with Gasteiger partial charge in [-0.05, 0) is 47.2 Å². The maximum absolute atomic E-state index is 13.4. The van der Waals surface area contributed by atoms with Gasteiger partial charge in [-0.2, -0.15) is 0 Å². The Bertz CT molecular complexity index is 1100. The minimum Gasteiger partial charge on any atom is -0.489 e. The Balaban J connectivity index is 1.57. The van der Waals surface area contributed by atoms with E-state index in [2.05, 4.69) is 12.6 Å². The molecule has 0 saturated carbocycles. The van der Waals surface area contributed by atoms with Crippen molar-refractivity contribution in [1.82, 2.24) is 4.90 Å². The summed E-state index contributed by atoms with van der Waals surface area (Å²) in [4.78, 5) is 12.9. The summed E-state index contributed by atoms with van der Waals surface area (Å²) in [6.07, 6.45) is 1.03. The lowest BCUT2D eigenvalue weighted by atomic mass is 9.87. The minimum absolute atomic E-state index is 0.0110. The number of hydrogen-bond acceptors (Lipinski definition) is 3. The van der Waals surface area contributed by atoms with Crippen LogP contribution in [0, 0.1) is 5.82 Å². The third-order valence-electron chi connectivity index (χ3n) is 5.83. The number of carboxylic acid groups (broad SMARTS) is 1. The van der Waals surface area contributed by atoms with Crippen molar-refractivity contribution in [1.29, 1.82) is 0 Å². The fourth-order valence-electron chi connectivity index (χ4n) is 4.24. The van der Waals surface area contributed by atoms with Gasteiger partial charge in [0.1, 0.15) is 18.2 Å². The lowest BCUT2D eigenvalue weighted by Gasteiger charge is -2.37. The summed E-state index contributed by atoms with van der Waals surface area (Å²) in [6, 6.07) is 18.4. The molecule has 3 aromatic rings. The van der Waals surface area contributed by atoms with E-state index in [1.807, 2.05) is 30.3 Å². The predicted molar refractivity (Wildman–Crippen MR) is 122 cm³/mol. The molecule has 1 aliphatic rings. The number of nitrogens with zero attached hydrogens (tertiary/aromatic N) is 1. The summed E-state index contributed by atoms with van der Waals surface area (Å²) in [7, 11) is 0. The highest BCUT2D eigenvalue weighted by Crippen LogP contribution is 2.33. The van der Waals surface area contributed by atoms with Crippen LogP contribution < -0.4 is 4.74 Å². The summed E-state index contributed by atoms with van der Waals surface area (Å²) in [5.74, 6) is 0.452. The van der Waals surface area contributed by atoms with E-state index in [0.29, 0.717) is 26.2 Å². The van der Waals surface area contributed by atoms with E-state index in [4.69, 9.17) is 9.47 Å². The molecule has 0 spiro atoms. The lowest BCUT2D eigenvalue weighted by Crippen LogP contribution is -2.46. The van der Waals surface area contributed by atoms with Crippen molar-refractivity contribution < 1.29 is 23.8 Å². The van der Waals surface area contributed by atoms with E-state index < -0.39 is 6.09 Å². The number of hydrogen-bond donors (Lipinski definition) is 1. The van der Waals surface area contributed by atoms with Crippen LogP contribution in [0.1, 0.15) is 23.5 Å². The lowest BCUT2D eigenvalue weighted by molar-refractivity contribution is -0.0199. The molecule has 2 atom stereocenters. The van der Waals surface area contributed by atoms with Crippen LogP contribution in [0.3, 0.4) is 0 Å². The minimum atomic E-state index is -0.957. The van der Waals surface area contributed by atoms with E-state index in [1.165, 1.54) is 17.0 Å². The summed E-state index contributed by atoms with van der Waals surface area (Å²) in [5.41, 5.74) is 1.89. The second-order valence-corrected chi connectivity index (χ2v) is 7.94. The van der Waals surface area contributed by atoms with Crippen molar-refractivity contribution in [3.63, 3.8) is 0 Å². The largest absolute Gasteiger partial charge is 0.489 e. The molecular weight excluding hydrogens is 409 g/mol. The Morgan fingerprint density at radius 1 is 1.19 bits per heavy atom. The van der Waals surface area contributed by atoms with E-state index in [0.717, 1.165) is 27.6 Å². The average Bonchev–Trinajstić information content (AvgIpc) is 2.81. The molecule has 2 unspecified atom stereocenters. The zero-order valence-corrected chi connectivity index (χ0v) is 17.7. The molecule has 0 aliphatic carbocycles. The molecule has 4 rings (SSSR count). The Morgan fingerprint density at radius 3 is 2.72 bits per heavy atom. The summed E-state index contributed by atoms with van der Waals surface area (Å²) in [6.45, 7) is 5.12. The number of halogens is 1. The highest BCUT2D eigenvalue weighted by Gasteiger charge is 2.33. The first kappa shape index (κ1) is 21.8.